The Labute approximate surface area is 170 Å². The SMILES string of the molecule is C=CCNC(=O)[C@@H](C)OC(=O)c1cc(S(=O)(=O)NCc2ccccc2)ccc1C. The van der Waals surface area contributed by atoms with Gasteiger partial charge in [0, 0.05) is 13.1 Å². The van der Waals surface area contributed by atoms with Gasteiger partial charge in [0.2, 0.25) is 10.0 Å². The molecule has 2 N–H and O–H groups in total. The molecule has 0 aliphatic rings. The molecule has 0 spiro atoms. The first-order chi connectivity index (χ1) is 13.7. The van der Waals surface area contributed by atoms with Gasteiger partial charge < -0.3 is 10.1 Å². The average molecular weight is 416 g/mol. The van der Waals surface area contributed by atoms with E-state index in [4.69, 9.17) is 4.74 Å². The first-order valence-corrected chi connectivity index (χ1v) is 10.5. The number of hydrogen-bond acceptors (Lipinski definition) is 5. The average Bonchev–Trinajstić information content (AvgIpc) is 2.71. The number of nitrogens with one attached hydrogen (secondary N) is 2. The standard InChI is InChI=1S/C21H24N2O5S/c1-4-12-22-20(24)16(3)28-21(25)19-13-18(11-10-15(19)2)29(26,27)23-14-17-8-6-5-7-9-17/h4-11,13,16,23H,1,12,14H2,2-3H3,(H,22,24)/t16-/m1/s1. The summed E-state index contributed by atoms with van der Waals surface area (Å²) in [6.07, 6.45) is 0.478. The molecule has 0 radical (unpaired) electrons. The van der Waals surface area contributed by atoms with Crippen molar-refractivity contribution in [1.29, 1.82) is 0 Å². The van der Waals surface area contributed by atoms with Crippen molar-refractivity contribution in [3.63, 3.8) is 0 Å². The molecular formula is C21H24N2O5S. The third-order valence-electron chi connectivity index (χ3n) is 4.12. The first kappa shape index (κ1) is 22.3. The molecule has 0 saturated heterocycles. The van der Waals surface area contributed by atoms with E-state index < -0.39 is 28.0 Å². The van der Waals surface area contributed by atoms with E-state index in [-0.39, 0.29) is 23.5 Å². The number of aryl methyl sites for hydroxylation is 1. The minimum atomic E-state index is -3.84. The summed E-state index contributed by atoms with van der Waals surface area (Å²) in [4.78, 5) is 24.3. The molecule has 2 aromatic rings. The fourth-order valence-electron chi connectivity index (χ4n) is 2.44. The molecule has 29 heavy (non-hydrogen) atoms. The number of carbonyl (C=O) groups is 2. The molecular weight excluding hydrogens is 392 g/mol. The zero-order valence-corrected chi connectivity index (χ0v) is 17.2. The molecule has 0 fully saturated rings. The number of sulfonamides is 1. The third kappa shape index (κ3) is 6.27. The van der Waals surface area contributed by atoms with E-state index in [9.17, 15) is 18.0 Å². The lowest BCUT2D eigenvalue weighted by Crippen LogP contribution is -2.36. The summed E-state index contributed by atoms with van der Waals surface area (Å²) in [5, 5.41) is 2.53. The van der Waals surface area contributed by atoms with Gasteiger partial charge in [-0.15, -0.1) is 6.58 Å². The number of esters is 1. The van der Waals surface area contributed by atoms with Gasteiger partial charge in [0.25, 0.3) is 5.91 Å². The van der Waals surface area contributed by atoms with Gasteiger partial charge in [0.1, 0.15) is 0 Å². The summed E-state index contributed by atoms with van der Waals surface area (Å²) in [6.45, 7) is 6.96. The zero-order valence-electron chi connectivity index (χ0n) is 16.3. The predicted molar refractivity (Wildman–Crippen MR) is 110 cm³/mol. The van der Waals surface area contributed by atoms with Crippen LogP contribution in [0.2, 0.25) is 0 Å². The van der Waals surface area contributed by atoms with Crippen molar-refractivity contribution in [2.75, 3.05) is 6.54 Å². The summed E-state index contributed by atoms with van der Waals surface area (Å²) < 4.78 is 32.9. The second-order valence-electron chi connectivity index (χ2n) is 6.37. The quantitative estimate of drug-likeness (QED) is 0.483. The van der Waals surface area contributed by atoms with Crippen molar-refractivity contribution < 1.29 is 22.7 Å². The van der Waals surface area contributed by atoms with Crippen molar-refractivity contribution in [1.82, 2.24) is 10.0 Å². The van der Waals surface area contributed by atoms with E-state index in [1.807, 2.05) is 18.2 Å². The van der Waals surface area contributed by atoms with Crippen LogP contribution in [-0.4, -0.2) is 32.9 Å². The lowest BCUT2D eigenvalue weighted by atomic mass is 10.1. The first-order valence-electron chi connectivity index (χ1n) is 8.98. The molecule has 8 heteroatoms. The Bertz CT molecular complexity index is 987. The third-order valence-corrected chi connectivity index (χ3v) is 5.52. The molecule has 1 atom stereocenters. The molecule has 2 aromatic carbocycles. The second kappa shape index (κ2) is 9.99. The van der Waals surface area contributed by atoms with Gasteiger partial charge in [-0.05, 0) is 37.1 Å². The van der Waals surface area contributed by atoms with Gasteiger partial charge in [-0.3, -0.25) is 4.79 Å². The van der Waals surface area contributed by atoms with Gasteiger partial charge in [-0.25, -0.2) is 17.9 Å². The fraction of sp³-hybridized carbons (Fsp3) is 0.238. The van der Waals surface area contributed by atoms with Crippen LogP contribution in [0.4, 0.5) is 0 Å². The molecule has 7 nitrogen and oxygen atoms in total. The highest BCUT2D eigenvalue weighted by Crippen LogP contribution is 2.18. The smallest absolute Gasteiger partial charge is 0.339 e. The van der Waals surface area contributed by atoms with Gasteiger partial charge in [-0.1, -0.05) is 42.5 Å². The zero-order chi connectivity index (χ0) is 21.4. The minimum absolute atomic E-state index is 0.0604. The maximum atomic E-state index is 12.6. The summed E-state index contributed by atoms with van der Waals surface area (Å²) in [6, 6.07) is 13.3. The van der Waals surface area contributed by atoms with Gasteiger partial charge >= 0.3 is 5.97 Å². The Morgan fingerprint density at radius 2 is 1.86 bits per heavy atom. The Hall–Kier alpha value is -2.97. The highest BCUT2D eigenvalue weighted by molar-refractivity contribution is 7.89. The molecule has 0 unspecified atom stereocenters. The van der Waals surface area contributed by atoms with Crippen LogP contribution in [0.3, 0.4) is 0 Å². The summed E-state index contributed by atoms with van der Waals surface area (Å²) >= 11 is 0. The van der Waals surface area contributed by atoms with Crippen molar-refractivity contribution >= 4 is 21.9 Å². The highest BCUT2D eigenvalue weighted by atomic mass is 32.2. The van der Waals surface area contributed by atoms with Crippen LogP contribution in [0.15, 0.2) is 66.1 Å². The predicted octanol–water partition coefficient (Wildman–Crippen LogP) is 2.32. The van der Waals surface area contributed by atoms with Crippen molar-refractivity contribution in [3.05, 3.63) is 77.9 Å². The molecule has 0 saturated carbocycles. The fourth-order valence-corrected chi connectivity index (χ4v) is 3.48. The summed E-state index contributed by atoms with van der Waals surface area (Å²) in [5.74, 6) is -1.24. The Morgan fingerprint density at radius 3 is 2.52 bits per heavy atom. The number of rotatable bonds is 9. The van der Waals surface area contributed by atoms with Crippen LogP contribution in [0.5, 0.6) is 0 Å². The Balaban J connectivity index is 2.14. The molecule has 0 aliphatic heterocycles. The van der Waals surface area contributed by atoms with E-state index in [0.717, 1.165) is 5.56 Å². The molecule has 1 amide bonds. The summed E-state index contributed by atoms with van der Waals surface area (Å²) in [7, 11) is -3.84. The van der Waals surface area contributed by atoms with Gasteiger partial charge in [0.15, 0.2) is 6.10 Å². The Kier molecular flexibility index (Phi) is 7.69. The van der Waals surface area contributed by atoms with Gasteiger partial charge in [-0.2, -0.15) is 0 Å². The normalized spacial score (nSPS) is 12.1. The molecule has 0 heterocycles. The van der Waals surface area contributed by atoms with Crippen LogP contribution >= 0.6 is 0 Å². The maximum Gasteiger partial charge on any atom is 0.339 e. The van der Waals surface area contributed by atoms with Crippen LogP contribution in [0, 0.1) is 6.92 Å². The number of ether oxygens (including phenoxy) is 1. The van der Waals surface area contributed by atoms with Crippen molar-refractivity contribution in [3.8, 4) is 0 Å². The summed E-state index contributed by atoms with van der Waals surface area (Å²) in [5.41, 5.74) is 1.42. The largest absolute Gasteiger partial charge is 0.449 e. The second-order valence-corrected chi connectivity index (χ2v) is 8.14. The van der Waals surface area contributed by atoms with E-state index in [1.165, 1.54) is 31.2 Å². The Morgan fingerprint density at radius 1 is 1.17 bits per heavy atom. The number of amides is 1. The molecule has 0 aliphatic carbocycles. The lowest BCUT2D eigenvalue weighted by molar-refractivity contribution is -0.128. The van der Waals surface area contributed by atoms with E-state index in [2.05, 4.69) is 16.6 Å². The van der Waals surface area contributed by atoms with Crippen molar-refractivity contribution in [2.45, 2.75) is 31.4 Å². The molecule has 0 aromatic heterocycles. The van der Waals surface area contributed by atoms with Crippen LogP contribution in [0.1, 0.15) is 28.4 Å². The number of benzene rings is 2. The highest BCUT2D eigenvalue weighted by Gasteiger charge is 2.22. The topological polar surface area (TPSA) is 102 Å². The molecule has 0 bridgehead atoms. The maximum absolute atomic E-state index is 12.6. The molecule has 2 rings (SSSR count). The minimum Gasteiger partial charge on any atom is -0.449 e. The lowest BCUT2D eigenvalue weighted by Gasteiger charge is -2.14. The number of carbonyl (C=O) groups excluding carboxylic acids is 2. The van der Waals surface area contributed by atoms with E-state index in [1.54, 1.807) is 19.1 Å². The van der Waals surface area contributed by atoms with E-state index in [0.29, 0.717) is 5.56 Å². The van der Waals surface area contributed by atoms with E-state index >= 15 is 0 Å². The monoisotopic (exact) mass is 416 g/mol. The van der Waals surface area contributed by atoms with Crippen molar-refractivity contribution in [2.24, 2.45) is 0 Å². The van der Waals surface area contributed by atoms with Crippen LogP contribution in [0.25, 0.3) is 0 Å². The van der Waals surface area contributed by atoms with Crippen LogP contribution in [-0.2, 0) is 26.1 Å². The van der Waals surface area contributed by atoms with Gasteiger partial charge in [0.05, 0.1) is 10.5 Å². The molecule has 154 valence electrons. The number of hydrogen-bond donors (Lipinski definition) is 2. The van der Waals surface area contributed by atoms with Crippen LogP contribution < -0.4 is 10.0 Å².